The quantitative estimate of drug-likeness (QED) is 0.0209. The van der Waals surface area contributed by atoms with Gasteiger partial charge in [-0.3, -0.25) is 67.3 Å². The number of aromatic nitrogens is 3. The van der Waals surface area contributed by atoms with Crippen molar-refractivity contribution >= 4 is 76.9 Å². The number of nitrogens with zero attached hydrogens (tertiary/aromatic N) is 3. The number of pyridine rings is 1. The molecule has 0 aliphatic rings. The van der Waals surface area contributed by atoms with Crippen LogP contribution in [-0.2, 0) is 94.4 Å². The monoisotopic (exact) mass is 1530 g/mol. The first-order chi connectivity index (χ1) is 52.1. The molecule has 35 heteroatoms. The topological polar surface area (TPSA) is 537 Å². The van der Waals surface area contributed by atoms with Gasteiger partial charge in [-0.15, -0.1) is 0 Å². The largest absolute Gasteiger partial charge is 0.497 e. The molecule has 0 saturated carbocycles. The van der Waals surface area contributed by atoms with Gasteiger partial charge < -0.3 is 99.5 Å². The van der Waals surface area contributed by atoms with Gasteiger partial charge >= 0.3 is 11.9 Å². The van der Waals surface area contributed by atoms with Crippen LogP contribution in [-0.4, -0.2) is 222 Å². The first kappa shape index (κ1) is 86.8. The van der Waals surface area contributed by atoms with Gasteiger partial charge in [-0.25, -0.2) is 9.37 Å². The number of likely N-dealkylation sites (N-methyl/N-ethyl adjacent to an activating group) is 1. The van der Waals surface area contributed by atoms with E-state index in [0.29, 0.717) is 34.7 Å². The standard InChI is InChI=1S/C75H94FN15O19/c1-9-45-30-49(110-8)23-24-51(45)46-21-18-43(19-22-46)28-57(68(103)84-56(65(78)100)29-44-20-25-54(80-34-44)50-16-12-10-14-39(50)2)85-69(104)58(32-62(98)99)86-70(105)59(37-92)87-71(106)63(41(4)93)89-74(109)75(6,33-47-15-11-13-17-52(47)76)90-72(107)64(42(5)94)88-60(95)36-81-67(102)55(26-27-61(96)97)83-66(101)40(3)91(7)73(108)53(77)31-48-35-79-38-82-48/h10-25,30,34-35,38,40-42,53,55-59,63-64,92-94H,9,26-29,31-33,36-37,77H2,1-8H3,(H2,78,100)(H,79,82)(H,81,102)(H,83,101)(H,84,103)(H,85,104)(H,86,105)(H,87,106)(H,88,95)(H,89,109)(H,90,107)(H,96,97)(H,98,99)/t40-,41-,42-,53+,55+,56+,57+,58+,59+,63+,64+,75?/m1/s1. The molecule has 11 amide bonds. The summed E-state index contributed by atoms with van der Waals surface area (Å²) in [7, 11) is 2.82. The summed E-state index contributed by atoms with van der Waals surface area (Å²) in [6, 6.07) is 12.9. The lowest BCUT2D eigenvalue weighted by Crippen LogP contribution is -2.67. The van der Waals surface area contributed by atoms with E-state index in [0.717, 1.165) is 59.6 Å². The van der Waals surface area contributed by atoms with E-state index in [1.807, 2.05) is 50.2 Å². The lowest BCUT2D eigenvalue weighted by molar-refractivity contribution is -0.142. The molecule has 2 aromatic heterocycles. The highest BCUT2D eigenvalue weighted by atomic mass is 19.1. The highest BCUT2D eigenvalue weighted by Gasteiger charge is 2.43. The number of amides is 11. The number of H-pyrrole nitrogens is 1. The molecule has 1 unspecified atom stereocenters. The third kappa shape index (κ3) is 25.0. The number of carbonyl (C=O) groups excluding carboxylic acids is 11. The molecular weight excluding hydrogens is 1430 g/mol. The molecule has 0 saturated heterocycles. The van der Waals surface area contributed by atoms with Crippen LogP contribution in [0, 0.1) is 12.7 Å². The molecule has 0 bridgehead atoms. The molecule has 0 aliphatic carbocycles. The van der Waals surface area contributed by atoms with E-state index in [4.69, 9.17) is 16.2 Å². The number of aliphatic carboxylic acids is 2. The van der Waals surface area contributed by atoms with Crippen molar-refractivity contribution in [3.05, 3.63) is 161 Å². The van der Waals surface area contributed by atoms with Crippen molar-refractivity contribution in [2.45, 2.75) is 165 Å². The molecule has 12 atom stereocenters. The minimum atomic E-state index is -2.43. The highest BCUT2D eigenvalue weighted by Crippen LogP contribution is 2.29. The smallest absolute Gasteiger partial charge is 0.305 e. The summed E-state index contributed by atoms with van der Waals surface area (Å²) in [6.07, 6.45) is -2.27. The lowest BCUT2D eigenvalue weighted by atomic mass is 9.90. The highest BCUT2D eigenvalue weighted by molar-refractivity contribution is 6.00. The van der Waals surface area contributed by atoms with Crippen LogP contribution in [0.5, 0.6) is 5.75 Å². The van der Waals surface area contributed by atoms with Crippen molar-refractivity contribution in [3.63, 3.8) is 0 Å². The lowest BCUT2D eigenvalue weighted by Gasteiger charge is -2.34. The number of hydrogen-bond donors (Lipinski definition) is 17. The number of hydrogen-bond acceptors (Lipinski definition) is 20. The van der Waals surface area contributed by atoms with Crippen molar-refractivity contribution in [2.75, 3.05) is 27.3 Å². The van der Waals surface area contributed by atoms with E-state index in [2.05, 4.69) is 62.8 Å². The summed E-state index contributed by atoms with van der Waals surface area (Å²) < 4.78 is 20.9. The average molecular weight is 1530 g/mol. The van der Waals surface area contributed by atoms with Crippen LogP contribution in [0.15, 0.2) is 122 Å². The van der Waals surface area contributed by atoms with Crippen LogP contribution in [0.4, 0.5) is 4.39 Å². The van der Waals surface area contributed by atoms with Crippen LogP contribution in [0.25, 0.3) is 22.4 Å². The zero-order chi connectivity index (χ0) is 81.3. The molecule has 6 aromatic rings. The van der Waals surface area contributed by atoms with Gasteiger partial charge in [0.05, 0.1) is 62.6 Å². The number of nitrogens with one attached hydrogen (secondary N) is 10. The third-order valence-corrected chi connectivity index (χ3v) is 18.1. The molecule has 4 aromatic carbocycles. The second-order valence-electron chi connectivity index (χ2n) is 26.6. The molecule has 34 nitrogen and oxygen atoms in total. The van der Waals surface area contributed by atoms with E-state index >= 15 is 4.39 Å². The number of halogens is 1. The summed E-state index contributed by atoms with van der Waals surface area (Å²) >= 11 is 0. The average Bonchev–Trinajstić information content (AvgIpc) is 0.918. The van der Waals surface area contributed by atoms with E-state index in [-0.39, 0.29) is 24.8 Å². The van der Waals surface area contributed by atoms with Gasteiger partial charge in [-0.1, -0.05) is 85.8 Å². The minimum Gasteiger partial charge on any atom is -0.497 e. The maximum absolute atomic E-state index is 15.5. The second-order valence-corrected chi connectivity index (χ2v) is 26.6. The van der Waals surface area contributed by atoms with Crippen molar-refractivity contribution in [1.29, 1.82) is 0 Å². The molecule has 0 spiro atoms. The van der Waals surface area contributed by atoms with Gasteiger partial charge in [0.2, 0.25) is 65.0 Å². The molecule has 2 heterocycles. The number of aryl methyl sites for hydroxylation is 2. The Kier molecular flexibility index (Phi) is 32.2. The Labute approximate surface area is 632 Å². The Hall–Kier alpha value is -12.1. The fourth-order valence-electron chi connectivity index (χ4n) is 11.6. The fourth-order valence-corrected chi connectivity index (χ4v) is 11.6. The van der Waals surface area contributed by atoms with E-state index in [1.54, 1.807) is 49.6 Å². The summed E-state index contributed by atoms with van der Waals surface area (Å²) in [5, 5.41) is 72.7. The summed E-state index contributed by atoms with van der Waals surface area (Å²) in [6.45, 7) is 5.99. The number of benzene rings is 4. The SMILES string of the molecule is CCc1cc(OC)ccc1-c1ccc(C[C@H](NC(=O)[C@H](CC(=O)O)NC(=O)[C@H](CO)NC(=O)[C@@H](NC(=O)C(C)(Cc2ccccc2F)NC(=O)[C@@H](NC(=O)CNC(=O)[C@H](CCC(=O)O)NC(=O)[C@@H](C)N(C)C(=O)[C@@H](N)Cc2c[nH]cn2)[C@@H](C)O)[C@@H](C)O)C(=O)N[C@@H](Cc2ccc(-c3ccccc3C)nc2)C(N)=O)cc1. The number of aliphatic hydroxyl groups is 3. The summed E-state index contributed by atoms with van der Waals surface area (Å²) in [5.74, 6) is -16.0. The van der Waals surface area contributed by atoms with Gasteiger partial charge in [-0.2, -0.15) is 0 Å². The summed E-state index contributed by atoms with van der Waals surface area (Å²) in [5.41, 5.74) is 15.7. The fraction of sp³-hybridized carbons (Fsp3) is 0.400. The van der Waals surface area contributed by atoms with Crippen LogP contribution in [0.1, 0.15) is 87.4 Å². The van der Waals surface area contributed by atoms with Gasteiger partial charge in [0.1, 0.15) is 65.4 Å². The third-order valence-electron chi connectivity index (χ3n) is 18.1. The first-order valence-electron chi connectivity index (χ1n) is 35.0. The Balaban J connectivity index is 1.17. The predicted molar refractivity (Wildman–Crippen MR) is 394 cm³/mol. The number of aliphatic hydroxyl groups excluding tert-OH is 3. The number of ether oxygens (including phenoxy) is 1. The molecule has 590 valence electrons. The molecule has 0 radical (unpaired) electrons. The molecule has 19 N–H and O–H groups in total. The predicted octanol–water partition coefficient (Wildman–Crippen LogP) is -1.43. The zero-order valence-electron chi connectivity index (χ0n) is 61.8. The zero-order valence-corrected chi connectivity index (χ0v) is 61.8. The van der Waals surface area contributed by atoms with Gasteiger partial charge in [0.15, 0.2) is 0 Å². The maximum atomic E-state index is 15.5. The Bertz CT molecular complexity index is 4260. The van der Waals surface area contributed by atoms with Crippen molar-refractivity contribution in [2.24, 2.45) is 11.5 Å². The van der Waals surface area contributed by atoms with Gasteiger partial charge in [-0.05, 0) is 111 Å². The van der Waals surface area contributed by atoms with Crippen molar-refractivity contribution < 1.29 is 97.0 Å². The normalized spacial score (nSPS) is 14.7. The van der Waals surface area contributed by atoms with Crippen molar-refractivity contribution in [3.8, 4) is 28.1 Å². The number of rotatable bonds is 41. The van der Waals surface area contributed by atoms with E-state index in [9.17, 15) is 87.9 Å². The molecular formula is C75H94FN15O19. The molecule has 0 fully saturated rings. The number of carboxylic acids is 2. The Morgan fingerprint density at radius 3 is 1.84 bits per heavy atom. The van der Waals surface area contributed by atoms with Crippen LogP contribution in [0.2, 0.25) is 0 Å². The number of primary amides is 1. The number of carbonyl (C=O) groups is 13. The summed E-state index contributed by atoms with van der Waals surface area (Å²) in [4.78, 5) is 189. The van der Waals surface area contributed by atoms with E-state index < -0.39 is 194 Å². The number of nitrogens with two attached hydrogens (primary N) is 2. The molecule has 110 heavy (non-hydrogen) atoms. The maximum Gasteiger partial charge on any atom is 0.305 e. The number of carboxylic acid groups (broad SMARTS) is 2. The van der Waals surface area contributed by atoms with Crippen LogP contribution in [0.3, 0.4) is 0 Å². The van der Waals surface area contributed by atoms with Gasteiger partial charge in [0, 0.05) is 57.1 Å². The van der Waals surface area contributed by atoms with Crippen LogP contribution < -0.4 is 64.1 Å². The van der Waals surface area contributed by atoms with Crippen molar-refractivity contribution in [1.82, 2.24) is 67.7 Å². The molecule has 0 aliphatic heterocycles. The molecule has 6 rings (SSSR count). The van der Waals surface area contributed by atoms with E-state index in [1.165, 1.54) is 50.9 Å². The number of aromatic amines is 1. The minimum absolute atomic E-state index is 0.00484. The number of imidazole rings is 1. The number of methoxy groups -OCH3 is 1. The second kappa shape index (κ2) is 40.8. The Morgan fingerprint density at radius 2 is 1.25 bits per heavy atom. The van der Waals surface area contributed by atoms with Crippen LogP contribution >= 0.6 is 0 Å². The Morgan fingerprint density at radius 1 is 0.645 bits per heavy atom. The van der Waals surface area contributed by atoms with Gasteiger partial charge in [0.25, 0.3) is 0 Å². The first-order valence-corrected chi connectivity index (χ1v) is 35.0.